The number of rotatable bonds is 7. The molecule has 0 aliphatic heterocycles. The molecule has 2 rings (SSSR count). The van der Waals surface area contributed by atoms with Crippen molar-refractivity contribution in [3.63, 3.8) is 0 Å². The summed E-state index contributed by atoms with van der Waals surface area (Å²) in [7, 11) is -3.60. The lowest BCUT2D eigenvalue weighted by atomic mass is 10.2. The van der Waals surface area contributed by atoms with E-state index in [4.69, 9.17) is 0 Å². The largest absolute Gasteiger partial charge is 0.313 e. The minimum atomic E-state index is -3.60. The average molecular weight is 326 g/mol. The molecule has 0 unspecified atom stereocenters. The first-order valence-electron chi connectivity index (χ1n) is 6.64. The smallest absolute Gasteiger partial charge is 0.263 e. The summed E-state index contributed by atoms with van der Waals surface area (Å²) in [6.07, 6.45) is 1.07. The minimum Gasteiger partial charge on any atom is -0.313 e. The predicted octanol–water partition coefficient (Wildman–Crippen LogP) is 2.15. The van der Waals surface area contributed by atoms with Crippen molar-refractivity contribution in [2.24, 2.45) is 0 Å². The van der Waals surface area contributed by atoms with Gasteiger partial charge in [0.25, 0.3) is 10.0 Å². The molecule has 0 spiro atoms. The molecule has 0 saturated carbocycles. The second-order valence-corrected chi connectivity index (χ2v) is 7.01. The second-order valence-electron chi connectivity index (χ2n) is 4.57. The first-order valence-corrected chi connectivity index (χ1v) is 8.89. The van der Waals surface area contributed by atoms with Crippen molar-refractivity contribution in [2.45, 2.75) is 31.7 Å². The zero-order valence-corrected chi connectivity index (χ0v) is 13.6. The van der Waals surface area contributed by atoms with Crippen LogP contribution >= 0.6 is 11.5 Å². The fraction of sp³-hybridized carbons (Fsp3) is 0.385. The van der Waals surface area contributed by atoms with Crippen LogP contribution in [0.25, 0.3) is 0 Å². The van der Waals surface area contributed by atoms with Gasteiger partial charge in [-0.3, -0.25) is 4.72 Å². The second kappa shape index (κ2) is 6.97. The van der Waals surface area contributed by atoms with Crippen LogP contribution in [0.5, 0.6) is 0 Å². The van der Waals surface area contributed by atoms with Crippen LogP contribution < -0.4 is 10.0 Å². The highest BCUT2D eigenvalue weighted by atomic mass is 32.2. The van der Waals surface area contributed by atoms with E-state index in [0.29, 0.717) is 5.82 Å². The summed E-state index contributed by atoms with van der Waals surface area (Å²) in [6, 6.07) is 6.81. The summed E-state index contributed by atoms with van der Waals surface area (Å²) >= 11 is 1.03. The van der Waals surface area contributed by atoms with Crippen molar-refractivity contribution in [3.8, 4) is 0 Å². The first-order chi connectivity index (χ1) is 10.0. The quantitative estimate of drug-likeness (QED) is 0.762. The van der Waals surface area contributed by atoms with Gasteiger partial charge in [0.1, 0.15) is 5.82 Å². The number of nitrogens with zero attached hydrogens (tertiary/aromatic N) is 2. The average Bonchev–Trinajstić information content (AvgIpc) is 2.84. The van der Waals surface area contributed by atoms with Crippen LogP contribution in [0.2, 0.25) is 0 Å². The van der Waals surface area contributed by atoms with Crippen LogP contribution in [-0.4, -0.2) is 24.3 Å². The molecule has 0 bridgehead atoms. The van der Waals surface area contributed by atoms with E-state index in [9.17, 15) is 8.42 Å². The molecule has 6 nitrogen and oxygen atoms in total. The Kier molecular flexibility index (Phi) is 5.27. The van der Waals surface area contributed by atoms with E-state index in [-0.39, 0.29) is 10.0 Å². The van der Waals surface area contributed by atoms with Crippen LogP contribution in [0.3, 0.4) is 0 Å². The van der Waals surface area contributed by atoms with Gasteiger partial charge >= 0.3 is 0 Å². The molecule has 0 radical (unpaired) electrons. The van der Waals surface area contributed by atoms with E-state index >= 15 is 0 Å². The number of nitrogens with one attached hydrogen (secondary N) is 2. The molecule has 1 heterocycles. The molecule has 8 heteroatoms. The molecule has 0 fully saturated rings. The highest BCUT2D eigenvalue weighted by molar-refractivity contribution is 7.93. The van der Waals surface area contributed by atoms with Crippen LogP contribution in [0.1, 0.15) is 24.7 Å². The molecule has 114 valence electrons. The maximum atomic E-state index is 12.2. The zero-order valence-electron chi connectivity index (χ0n) is 12.0. The van der Waals surface area contributed by atoms with Gasteiger partial charge in [0.2, 0.25) is 5.13 Å². The molecule has 1 aromatic heterocycles. The van der Waals surface area contributed by atoms with Crippen molar-refractivity contribution in [2.75, 3.05) is 11.3 Å². The van der Waals surface area contributed by atoms with Crippen LogP contribution in [0.4, 0.5) is 5.13 Å². The number of aryl methyl sites for hydroxylation is 1. The lowest BCUT2D eigenvalue weighted by molar-refractivity contribution is 0.601. The molecular weight excluding hydrogens is 308 g/mol. The summed E-state index contributed by atoms with van der Waals surface area (Å²) in [5, 5.41) is 3.55. The molecule has 0 amide bonds. The normalized spacial score (nSPS) is 11.5. The Hall–Kier alpha value is -1.51. The van der Waals surface area contributed by atoms with Crippen molar-refractivity contribution < 1.29 is 8.42 Å². The maximum absolute atomic E-state index is 12.2. The predicted molar refractivity (Wildman–Crippen MR) is 83.9 cm³/mol. The number of anilines is 1. The molecule has 21 heavy (non-hydrogen) atoms. The van der Waals surface area contributed by atoms with E-state index in [2.05, 4.69) is 26.3 Å². The van der Waals surface area contributed by atoms with Gasteiger partial charge in [-0.05, 0) is 37.6 Å². The number of hydrogen-bond acceptors (Lipinski definition) is 6. The Labute approximate surface area is 128 Å². The van der Waals surface area contributed by atoms with Gasteiger partial charge in [-0.2, -0.15) is 4.37 Å². The highest BCUT2D eigenvalue weighted by Gasteiger charge is 2.16. The number of hydrogen-bond donors (Lipinski definition) is 2. The van der Waals surface area contributed by atoms with Crippen molar-refractivity contribution in [1.29, 1.82) is 0 Å². The first kappa shape index (κ1) is 15.9. The third-order valence-corrected chi connectivity index (χ3v) is 4.94. The Balaban J connectivity index is 2.06. The summed E-state index contributed by atoms with van der Waals surface area (Å²) in [6.45, 7) is 5.49. The Morgan fingerprint density at radius 1 is 1.24 bits per heavy atom. The van der Waals surface area contributed by atoms with Crippen molar-refractivity contribution in [3.05, 3.63) is 35.7 Å². The summed E-state index contributed by atoms with van der Waals surface area (Å²) < 4.78 is 30.8. The third-order valence-electron chi connectivity index (χ3n) is 2.74. The van der Waals surface area contributed by atoms with Gasteiger partial charge < -0.3 is 5.32 Å². The van der Waals surface area contributed by atoms with E-state index < -0.39 is 10.0 Å². The molecule has 0 saturated heterocycles. The molecule has 1 aromatic carbocycles. The monoisotopic (exact) mass is 326 g/mol. The van der Waals surface area contributed by atoms with Gasteiger partial charge in [0.05, 0.1) is 4.90 Å². The molecule has 2 aromatic rings. The number of benzene rings is 1. The summed E-state index contributed by atoms with van der Waals surface area (Å²) in [5.74, 6) is 0.551. The maximum Gasteiger partial charge on any atom is 0.263 e. The Bertz CT molecular complexity index is 680. The van der Waals surface area contributed by atoms with Gasteiger partial charge in [0.15, 0.2) is 0 Å². The fourth-order valence-electron chi connectivity index (χ4n) is 1.71. The Morgan fingerprint density at radius 3 is 2.52 bits per heavy atom. The summed E-state index contributed by atoms with van der Waals surface area (Å²) in [5.41, 5.74) is 1.05. The van der Waals surface area contributed by atoms with Crippen molar-refractivity contribution in [1.82, 2.24) is 14.7 Å². The highest BCUT2D eigenvalue weighted by Crippen LogP contribution is 2.18. The standard InChI is InChI=1S/C13H18N4O2S2/c1-3-8-14-9-11-4-6-12(7-5-11)21(18,19)17-13-15-10(2)16-20-13/h4-7,14H,3,8-9H2,1-2H3,(H,15,16,17). The van der Waals surface area contributed by atoms with E-state index in [1.807, 2.05) is 12.1 Å². The van der Waals surface area contributed by atoms with E-state index in [1.165, 1.54) is 0 Å². The molecule has 0 aliphatic rings. The van der Waals surface area contributed by atoms with Gasteiger partial charge in [-0.15, -0.1) is 0 Å². The van der Waals surface area contributed by atoms with Gasteiger partial charge in [0, 0.05) is 18.1 Å². The van der Waals surface area contributed by atoms with Crippen LogP contribution in [0, 0.1) is 6.92 Å². The molecule has 0 atom stereocenters. The fourth-order valence-corrected chi connectivity index (χ4v) is 3.51. The topological polar surface area (TPSA) is 84.0 Å². The van der Waals surface area contributed by atoms with Crippen molar-refractivity contribution >= 4 is 26.7 Å². The van der Waals surface area contributed by atoms with Gasteiger partial charge in [-0.1, -0.05) is 19.1 Å². The van der Waals surface area contributed by atoms with E-state index in [0.717, 1.165) is 36.6 Å². The van der Waals surface area contributed by atoms with Gasteiger partial charge in [-0.25, -0.2) is 13.4 Å². The lowest BCUT2D eigenvalue weighted by Gasteiger charge is -2.07. The number of sulfonamides is 1. The molecule has 2 N–H and O–H groups in total. The van der Waals surface area contributed by atoms with Crippen LogP contribution in [0.15, 0.2) is 29.2 Å². The SMILES string of the molecule is CCCNCc1ccc(S(=O)(=O)Nc2nc(C)ns2)cc1. The third kappa shape index (κ3) is 4.48. The Morgan fingerprint density at radius 2 is 1.95 bits per heavy atom. The zero-order chi connectivity index (χ0) is 15.3. The molecule has 0 aliphatic carbocycles. The number of aromatic nitrogens is 2. The molecular formula is C13H18N4O2S2. The minimum absolute atomic E-state index is 0.217. The lowest BCUT2D eigenvalue weighted by Crippen LogP contribution is -2.15. The van der Waals surface area contributed by atoms with Crippen LogP contribution in [-0.2, 0) is 16.6 Å². The van der Waals surface area contributed by atoms with E-state index in [1.54, 1.807) is 19.1 Å². The summed E-state index contributed by atoms with van der Waals surface area (Å²) in [4.78, 5) is 4.21.